The van der Waals surface area contributed by atoms with Crippen LogP contribution in [-0.4, -0.2) is 18.9 Å². The standard InChI is InChI=1S/C26H24Cl2N2O3/c1-15(2)19-8-5-9-20(24(31)29-3)23(19)33-26(14-16-6-4-7-17(27)12-16)21-11-10-18(28)13-22(21)30-25(26)32/h4-13,15H,14H2,1-3H3,(H,29,31)(H,30,32). The van der Waals surface area contributed by atoms with E-state index in [-0.39, 0.29) is 24.2 Å². The van der Waals surface area contributed by atoms with Crippen LogP contribution in [0.25, 0.3) is 0 Å². The number of fused-ring (bicyclic) bond motifs is 1. The molecule has 1 unspecified atom stereocenters. The quantitative estimate of drug-likeness (QED) is 0.456. The molecule has 170 valence electrons. The summed E-state index contributed by atoms with van der Waals surface area (Å²) in [5.41, 5.74) is 1.83. The lowest BCUT2D eigenvalue weighted by Crippen LogP contribution is -2.43. The van der Waals surface area contributed by atoms with Crippen LogP contribution in [-0.2, 0) is 16.8 Å². The second-order valence-electron chi connectivity index (χ2n) is 8.34. The molecular weight excluding hydrogens is 459 g/mol. The Bertz CT molecular complexity index is 1240. The van der Waals surface area contributed by atoms with Crippen molar-refractivity contribution in [2.45, 2.75) is 31.8 Å². The van der Waals surface area contributed by atoms with Gasteiger partial charge in [0.1, 0.15) is 5.75 Å². The topological polar surface area (TPSA) is 67.4 Å². The van der Waals surface area contributed by atoms with Crippen molar-refractivity contribution < 1.29 is 14.3 Å². The molecule has 1 atom stereocenters. The van der Waals surface area contributed by atoms with Crippen molar-refractivity contribution in [2.75, 3.05) is 12.4 Å². The number of ether oxygens (including phenoxy) is 1. The van der Waals surface area contributed by atoms with Crippen LogP contribution in [0.2, 0.25) is 10.0 Å². The number of anilines is 1. The van der Waals surface area contributed by atoms with Gasteiger partial charge in [0.2, 0.25) is 5.60 Å². The van der Waals surface area contributed by atoms with Crippen molar-refractivity contribution in [3.63, 3.8) is 0 Å². The van der Waals surface area contributed by atoms with Gasteiger partial charge in [0.15, 0.2) is 0 Å². The number of benzene rings is 3. The molecule has 1 aliphatic rings. The van der Waals surface area contributed by atoms with Gasteiger partial charge < -0.3 is 15.4 Å². The van der Waals surface area contributed by atoms with Gasteiger partial charge in [-0.05, 0) is 47.4 Å². The molecule has 0 spiro atoms. The number of rotatable bonds is 6. The molecule has 2 N–H and O–H groups in total. The van der Waals surface area contributed by atoms with Gasteiger partial charge in [0.05, 0.1) is 11.3 Å². The van der Waals surface area contributed by atoms with Gasteiger partial charge in [-0.15, -0.1) is 0 Å². The molecule has 3 aromatic carbocycles. The zero-order valence-corrected chi connectivity index (χ0v) is 20.1. The maximum absolute atomic E-state index is 13.6. The second kappa shape index (κ2) is 9.08. The van der Waals surface area contributed by atoms with Crippen LogP contribution in [0.4, 0.5) is 5.69 Å². The summed E-state index contributed by atoms with van der Waals surface area (Å²) >= 11 is 12.4. The van der Waals surface area contributed by atoms with Crippen molar-refractivity contribution in [3.8, 4) is 5.75 Å². The Hall–Kier alpha value is -3.02. The highest BCUT2D eigenvalue weighted by atomic mass is 35.5. The van der Waals surface area contributed by atoms with E-state index in [4.69, 9.17) is 27.9 Å². The zero-order valence-electron chi connectivity index (χ0n) is 18.5. The SMILES string of the molecule is CNC(=O)c1cccc(C(C)C)c1OC1(Cc2cccc(Cl)c2)C(=O)Nc2cc(Cl)ccc21. The van der Waals surface area contributed by atoms with Crippen LogP contribution >= 0.6 is 23.2 Å². The molecule has 5 nitrogen and oxygen atoms in total. The number of hydrogen-bond acceptors (Lipinski definition) is 3. The molecule has 0 saturated carbocycles. The Morgan fingerprint density at radius 2 is 1.79 bits per heavy atom. The fourth-order valence-corrected chi connectivity index (χ4v) is 4.56. The summed E-state index contributed by atoms with van der Waals surface area (Å²) in [5.74, 6) is -0.185. The zero-order chi connectivity index (χ0) is 23.8. The molecule has 33 heavy (non-hydrogen) atoms. The van der Waals surface area contributed by atoms with Crippen LogP contribution in [0, 0.1) is 0 Å². The van der Waals surface area contributed by atoms with Crippen molar-refractivity contribution in [1.29, 1.82) is 0 Å². The summed E-state index contributed by atoms with van der Waals surface area (Å²) in [7, 11) is 1.56. The van der Waals surface area contributed by atoms with Crippen LogP contribution < -0.4 is 15.4 Å². The molecule has 0 bridgehead atoms. The van der Waals surface area contributed by atoms with E-state index in [9.17, 15) is 9.59 Å². The van der Waals surface area contributed by atoms with Crippen LogP contribution in [0.5, 0.6) is 5.75 Å². The first-order valence-corrected chi connectivity index (χ1v) is 11.4. The predicted molar refractivity (Wildman–Crippen MR) is 131 cm³/mol. The third-order valence-electron chi connectivity index (χ3n) is 5.79. The monoisotopic (exact) mass is 482 g/mol. The minimum Gasteiger partial charge on any atom is -0.471 e. The average Bonchev–Trinajstić information content (AvgIpc) is 3.03. The molecule has 1 aliphatic heterocycles. The fraction of sp³-hybridized carbons (Fsp3) is 0.231. The first-order chi connectivity index (χ1) is 15.7. The summed E-state index contributed by atoms with van der Waals surface area (Å²) in [6.45, 7) is 4.03. The summed E-state index contributed by atoms with van der Waals surface area (Å²) in [4.78, 5) is 26.3. The van der Waals surface area contributed by atoms with E-state index in [1.807, 2.05) is 44.2 Å². The minimum absolute atomic E-state index is 0.0574. The Kier molecular flexibility index (Phi) is 6.37. The first-order valence-electron chi connectivity index (χ1n) is 10.6. The minimum atomic E-state index is -1.42. The molecule has 3 aromatic rings. The van der Waals surface area contributed by atoms with E-state index in [0.717, 1.165) is 11.1 Å². The van der Waals surface area contributed by atoms with Gasteiger partial charge in [0, 0.05) is 29.1 Å². The van der Waals surface area contributed by atoms with Crippen LogP contribution in [0.1, 0.15) is 46.8 Å². The van der Waals surface area contributed by atoms with Crippen molar-refractivity contribution >= 4 is 40.7 Å². The smallest absolute Gasteiger partial charge is 0.273 e. The second-order valence-corrected chi connectivity index (χ2v) is 9.21. The first kappa shape index (κ1) is 23.1. The van der Waals surface area contributed by atoms with Gasteiger partial charge in [-0.3, -0.25) is 9.59 Å². The van der Waals surface area contributed by atoms with Gasteiger partial charge in [0.25, 0.3) is 11.8 Å². The highest BCUT2D eigenvalue weighted by Crippen LogP contribution is 2.45. The van der Waals surface area contributed by atoms with E-state index >= 15 is 0 Å². The molecule has 2 amide bonds. The van der Waals surface area contributed by atoms with Gasteiger partial charge in [-0.2, -0.15) is 0 Å². The third kappa shape index (κ3) is 4.31. The Balaban J connectivity index is 1.94. The lowest BCUT2D eigenvalue weighted by Gasteiger charge is -2.31. The number of amides is 2. The molecule has 4 rings (SSSR count). The fourth-order valence-electron chi connectivity index (χ4n) is 4.18. The molecule has 7 heteroatoms. The lowest BCUT2D eigenvalue weighted by molar-refractivity contribution is -0.131. The summed E-state index contributed by atoms with van der Waals surface area (Å²) in [6.07, 6.45) is 0.216. The van der Waals surface area contributed by atoms with Crippen molar-refractivity contribution in [3.05, 3.63) is 93.0 Å². The normalized spacial score (nSPS) is 17.0. The van der Waals surface area contributed by atoms with Gasteiger partial charge in [-0.1, -0.05) is 67.4 Å². The third-order valence-corrected chi connectivity index (χ3v) is 6.26. The summed E-state index contributed by atoms with van der Waals surface area (Å²) in [6, 6.07) is 18.0. The predicted octanol–water partition coefficient (Wildman–Crippen LogP) is 5.95. The highest BCUT2D eigenvalue weighted by Gasteiger charge is 2.50. The number of carbonyl (C=O) groups is 2. The molecule has 0 radical (unpaired) electrons. The number of para-hydroxylation sites is 1. The van der Waals surface area contributed by atoms with E-state index < -0.39 is 5.60 Å². The van der Waals surface area contributed by atoms with Crippen molar-refractivity contribution in [1.82, 2.24) is 5.32 Å². The average molecular weight is 483 g/mol. The Morgan fingerprint density at radius 3 is 2.48 bits per heavy atom. The molecular formula is C26H24Cl2N2O3. The van der Waals surface area contributed by atoms with E-state index in [1.165, 1.54) is 0 Å². The van der Waals surface area contributed by atoms with Gasteiger partial charge >= 0.3 is 0 Å². The Morgan fingerprint density at radius 1 is 1.06 bits per heavy atom. The van der Waals surface area contributed by atoms with E-state index in [2.05, 4.69) is 10.6 Å². The molecule has 1 heterocycles. The Labute approximate surface area is 203 Å². The number of halogens is 2. The van der Waals surface area contributed by atoms with Crippen LogP contribution in [0.3, 0.4) is 0 Å². The van der Waals surface area contributed by atoms with Crippen molar-refractivity contribution in [2.24, 2.45) is 0 Å². The van der Waals surface area contributed by atoms with Crippen LogP contribution in [0.15, 0.2) is 60.7 Å². The maximum Gasteiger partial charge on any atom is 0.273 e. The number of carbonyl (C=O) groups excluding carboxylic acids is 2. The maximum atomic E-state index is 13.6. The number of hydrogen-bond donors (Lipinski definition) is 2. The summed E-state index contributed by atoms with van der Waals surface area (Å²) in [5, 5.41) is 6.64. The largest absolute Gasteiger partial charge is 0.471 e. The highest BCUT2D eigenvalue weighted by molar-refractivity contribution is 6.31. The molecule has 0 saturated heterocycles. The summed E-state index contributed by atoms with van der Waals surface area (Å²) < 4.78 is 6.67. The molecule has 0 aromatic heterocycles. The molecule has 0 fully saturated rings. The molecule has 0 aliphatic carbocycles. The number of nitrogens with one attached hydrogen (secondary N) is 2. The van der Waals surface area contributed by atoms with E-state index in [1.54, 1.807) is 37.4 Å². The lowest BCUT2D eigenvalue weighted by atomic mass is 9.87. The van der Waals surface area contributed by atoms with Gasteiger partial charge in [-0.25, -0.2) is 0 Å². The van der Waals surface area contributed by atoms with E-state index in [0.29, 0.717) is 32.6 Å².